The number of carbonyl (C=O) groups is 3. The summed E-state index contributed by atoms with van der Waals surface area (Å²) in [5, 5.41) is 0.628. The Balaban J connectivity index is 1.32. The van der Waals surface area contributed by atoms with E-state index in [9.17, 15) is 14.4 Å². The van der Waals surface area contributed by atoms with Gasteiger partial charge in [0.05, 0.1) is 11.4 Å². The fourth-order valence-electron chi connectivity index (χ4n) is 5.12. The first-order chi connectivity index (χ1) is 20.6. The van der Waals surface area contributed by atoms with Crippen molar-refractivity contribution in [3.05, 3.63) is 94.2 Å². The molecule has 2 amide bonds. The minimum absolute atomic E-state index is 0.108. The monoisotopic (exact) mass is 600 g/mol. The van der Waals surface area contributed by atoms with Gasteiger partial charge in [0, 0.05) is 45.9 Å². The van der Waals surface area contributed by atoms with Gasteiger partial charge < -0.3 is 9.74 Å². The van der Waals surface area contributed by atoms with Gasteiger partial charge in [-0.2, -0.15) is 0 Å². The molecule has 0 N–H and O–H groups in total. The standard InChI is InChI=1S/C34H36N2O4S2/c1-2-3-23-41-34(42-24-13-5-8-20-32(39)40-36-30(37)21-22-31(36)38)33-26-16-9-11-18-28(26)35(25-14-6-4-7-15-25)29-19-12-10-17-27(29)33/h4,6-7,9-12,14-19H,2-3,5,8,13,20-24H2,1H3. The molecule has 0 radical (unpaired) electrons. The average Bonchev–Trinajstić information content (AvgIpc) is 3.33. The van der Waals surface area contributed by atoms with Gasteiger partial charge in [-0.25, -0.2) is 4.79 Å². The number of amides is 2. The Morgan fingerprint density at radius 1 is 0.738 bits per heavy atom. The second kappa shape index (κ2) is 14.6. The number of nitrogens with zero attached hydrogens (tertiary/aromatic N) is 2. The Bertz CT molecular complexity index is 1390. The Hall–Kier alpha value is -3.49. The quantitative estimate of drug-likeness (QED) is 0.112. The number of anilines is 3. The second-order valence-electron chi connectivity index (χ2n) is 10.3. The van der Waals surface area contributed by atoms with Crippen LogP contribution in [0, 0.1) is 0 Å². The van der Waals surface area contributed by atoms with Gasteiger partial charge in [-0.3, -0.25) is 9.59 Å². The summed E-state index contributed by atoms with van der Waals surface area (Å²) in [4.78, 5) is 42.9. The van der Waals surface area contributed by atoms with Crippen molar-refractivity contribution in [1.82, 2.24) is 5.06 Å². The summed E-state index contributed by atoms with van der Waals surface area (Å²) in [6.07, 6.45) is 5.18. The molecule has 5 rings (SSSR count). The van der Waals surface area contributed by atoms with Gasteiger partial charge in [0.25, 0.3) is 11.8 Å². The molecule has 0 spiro atoms. The number of benzene rings is 3. The number of unbranched alkanes of at least 4 members (excludes halogenated alkanes) is 3. The van der Waals surface area contributed by atoms with Crippen molar-refractivity contribution in [3.63, 3.8) is 0 Å². The van der Waals surface area contributed by atoms with Crippen LogP contribution in [0.15, 0.2) is 83.1 Å². The number of thioether (sulfide) groups is 2. The first-order valence-electron chi connectivity index (χ1n) is 14.7. The van der Waals surface area contributed by atoms with Crippen molar-refractivity contribution < 1.29 is 19.2 Å². The van der Waals surface area contributed by atoms with Gasteiger partial charge in [0.15, 0.2) is 0 Å². The first kappa shape index (κ1) is 30.0. The third-order valence-electron chi connectivity index (χ3n) is 7.24. The number of hydroxylamine groups is 2. The third-order valence-corrected chi connectivity index (χ3v) is 9.86. The topological polar surface area (TPSA) is 66.9 Å². The molecule has 0 unspecified atom stereocenters. The minimum atomic E-state index is -0.525. The highest BCUT2D eigenvalue weighted by atomic mass is 32.2. The maximum atomic E-state index is 12.2. The van der Waals surface area contributed by atoms with E-state index in [1.54, 1.807) is 0 Å². The van der Waals surface area contributed by atoms with Gasteiger partial charge in [-0.05, 0) is 55.0 Å². The van der Waals surface area contributed by atoms with Crippen LogP contribution in [0.1, 0.15) is 69.4 Å². The molecule has 0 aromatic heterocycles. The Labute approximate surface area is 256 Å². The van der Waals surface area contributed by atoms with E-state index in [1.807, 2.05) is 29.6 Å². The number of hydrogen-bond donors (Lipinski definition) is 0. The molecule has 218 valence electrons. The molecule has 0 aliphatic carbocycles. The summed E-state index contributed by atoms with van der Waals surface area (Å²) in [6.45, 7) is 2.23. The summed E-state index contributed by atoms with van der Waals surface area (Å²) in [5.74, 6) is 0.590. The molecule has 0 atom stereocenters. The van der Waals surface area contributed by atoms with E-state index in [0.29, 0.717) is 11.5 Å². The molecular formula is C34H36N2O4S2. The molecule has 3 aromatic rings. The van der Waals surface area contributed by atoms with E-state index in [-0.39, 0.29) is 19.3 Å². The van der Waals surface area contributed by atoms with Crippen LogP contribution in [0.4, 0.5) is 17.1 Å². The molecule has 2 aliphatic heterocycles. The lowest BCUT2D eigenvalue weighted by Gasteiger charge is -2.35. The maximum absolute atomic E-state index is 12.2. The third kappa shape index (κ3) is 6.93. The highest BCUT2D eigenvalue weighted by molar-refractivity contribution is 8.22. The number of para-hydroxylation sites is 3. The molecule has 0 saturated carbocycles. The highest BCUT2D eigenvalue weighted by Crippen LogP contribution is 2.52. The Morgan fingerprint density at radius 2 is 1.31 bits per heavy atom. The van der Waals surface area contributed by atoms with E-state index in [2.05, 4.69) is 84.6 Å². The summed E-state index contributed by atoms with van der Waals surface area (Å²) in [6, 6.07) is 27.9. The fraction of sp³-hybridized carbons (Fsp3) is 0.324. The van der Waals surface area contributed by atoms with E-state index in [4.69, 9.17) is 4.84 Å². The number of hydrogen-bond acceptors (Lipinski definition) is 7. The number of imide groups is 1. The first-order valence-corrected chi connectivity index (χ1v) is 16.7. The summed E-state index contributed by atoms with van der Waals surface area (Å²) in [7, 11) is 0. The molecular weight excluding hydrogens is 565 g/mol. The smallest absolute Gasteiger partial charge is 0.330 e. The van der Waals surface area contributed by atoms with Gasteiger partial charge in [0.2, 0.25) is 0 Å². The maximum Gasteiger partial charge on any atom is 0.333 e. The van der Waals surface area contributed by atoms with Gasteiger partial charge in [-0.1, -0.05) is 74.4 Å². The molecule has 0 bridgehead atoms. The number of rotatable bonds is 13. The van der Waals surface area contributed by atoms with Crippen molar-refractivity contribution in [2.75, 3.05) is 16.4 Å². The largest absolute Gasteiger partial charge is 0.333 e. The van der Waals surface area contributed by atoms with E-state index < -0.39 is 17.8 Å². The van der Waals surface area contributed by atoms with Crippen molar-refractivity contribution in [2.24, 2.45) is 0 Å². The molecule has 2 aliphatic rings. The molecule has 6 nitrogen and oxygen atoms in total. The molecule has 2 heterocycles. The van der Waals surface area contributed by atoms with E-state index in [1.165, 1.54) is 32.3 Å². The lowest BCUT2D eigenvalue weighted by atomic mass is 9.91. The zero-order chi connectivity index (χ0) is 29.3. The van der Waals surface area contributed by atoms with Crippen molar-refractivity contribution in [3.8, 4) is 0 Å². The van der Waals surface area contributed by atoms with Crippen LogP contribution >= 0.6 is 23.5 Å². The van der Waals surface area contributed by atoms with Crippen LogP contribution in [0.25, 0.3) is 5.57 Å². The zero-order valence-electron chi connectivity index (χ0n) is 23.9. The van der Waals surface area contributed by atoms with Crippen molar-refractivity contribution in [1.29, 1.82) is 0 Å². The molecule has 1 saturated heterocycles. The zero-order valence-corrected chi connectivity index (χ0v) is 25.6. The second-order valence-corrected chi connectivity index (χ2v) is 12.7. The minimum Gasteiger partial charge on any atom is -0.330 e. The molecule has 3 aromatic carbocycles. The van der Waals surface area contributed by atoms with Crippen LogP contribution in [0.3, 0.4) is 0 Å². The Morgan fingerprint density at radius 3 is 1.93 bits per heavy atom. The van der Waals surface area contributed by atoms with Gasteiger partial charge in [-0.15, -0.1) is 28.6 Å². The summed E-state index contributed by atoms with van der Waals surface area (Å²) < 4.78 is 1.33. The van der Waals surface area contributed by atoms with Crippen molar-refractivity contribution >= 4 is 63.9 Å². The van der Waals surface area contributed by atoms with E-state index in [0.717, 1.165) is 42.9 Å². The molecule has 42 heavy (non-hydrogen) atoms. The number of carbonyl (C=O) groups excluding carboxylic acids is 3. The predicted molar refractivity (Wildman–Crippen MR) is 173 cm³/mol. The van der Waals surface area contributed by atoms with Crippen LogP contribution < -0.4 is 4.90 Å². The van der Waals surface area contributed by atoms with Crippen molar-refractivity contribution in [2.45, 2.75) is 58.3 Å². The van der Waals surface area contributed by atoms with Crippen LogP contribution in [-0.2, 0) is 19.2 Å². The summed E-state index contributed by atoms with van der Waals surface area (Å²) >= 11 is 3.84. The van der Waals surface area contributed by atoms with Gasteiger partial charge in [0.1, 0.15) is 0 Å². The molecule has 1 fully saturated rings. The predicted octanol–water partition coefficient (Wildman–Crippen LogP) is 8.62. The lowest BCUT2D eigenvalue weighted by Crippen LogP contribution is -2.31. The fourth-order valence-corrected chi connectivity index (χ4v) is 7.84. The lowest BCUT2D eigenvalue weighted by molar-refractivity contribution is -0.197. The number of fused-ring (bicyclic) bond motifs is 2. The molecule has 8 heteroatoms. The normalized spacial score (nSPS) is 14.2. The van der Waals surface area contributed by atoms with Crippen LogP contribution in [0.2, 0.25) is 0 Å². The van der Waals surface area contributed by atoms with Crippen LogP contribution in [0.5, 0.6) is 0 Å². The van der Waals surface area contributed by atoms with Crippen LogP contribution in [-0.4, -0.2) is 34.4 Å². The summed E-state index contributed by atoms with van der Waals surface area (Å²) in [5.41, 5.74) is 7.27. The average molecular weight is 601 g/mol. The van der Waals surface area contributed by atoms with E-state index >= 15 is 0 Å². The Kier molecular flexibility index (Phi) is 10.4. The SMILES string of the molecule is CCCCSC(SCCCCCC(=O)ON1C(=O)CCC1=O)=C1c2ccccc2N(c2ccccc2)c2ccccc21. The highest BCUT2D eigenvalue weighted by Gasteiger charge is 2.33. The van der Waals surface area contributed by atoms with Gasteiger partial charge >= 0.3 is 5.97 Å².